The summed E-state index contributed by atoms with van der Waals surface area (Å²) in [5.74, 6) is 0. The number of aliphatic imine (C=N–C) groups is 1. The summed E-state index contributed by atoms with van der Waals surface area (Å²) in [7, 11) is 0. The molecule has 0 aromatic heterocycles. The minimum absolute atomic E-state index is 0.0928. The fourth-order valence-electron chi connectivity index (χ4n) is 1.64. The molecule has 1 heterocycles. The normalized spacial score (nSPS) is 25.6. The van der Waals surface area contributed by atoms with E-state index in [2.05, 4.69) is 17.1 Å². The molecule has 0 spiro atoms. The average molecular weight is 190 g/mol. The number of ether oxygens (including phenoxy) is 1. The van der Waals surface area contributed by atoms with Gasteiger partial charge < -0.3 is 10.5 Å². The molecular formula is C11H14N2O. The van der Waals surface area contributed by atoms with E-state index in [1.54, 1.807) is 0 Å². The second kappa shape index (κ2) is 3.70. The molecule has 0 radical (unpaired) electrons. The van der Waals surface area contributed by atoms with Crippen molar-refractivity contribution >= 4 is 6.02 Å². The summed E-state index contributed by atoms with van der Waals surface area (Å²) in [6.07, 6.45) is 0.984. The molecule has 1 aromatic rings. The van der Waals surface area contributed by atoms with Crippen molar-refractivity contribution in [1.29, 1.82) is 0 Å². The number of benzene rings is 1. The minimum Gasteiger partial charge on any atom is -0.460 e. The first-order valence-corrected chi connectivity index (χ1v) is 4.79. The Labute approximate surface area is 83.6 Å². The molecule has 0 bridgehead atoms. The van der Waals surface area contributed by atoms with Crippen molar-refractivity contribution in [1.82, 2.24) is 0 Å². The Kier molecular flexibility index (Phi) is 2.39. The van der Waals surface area contributed by atoms with Crippen LogP contribution < -0.4 is 5.73 Å². The highest BCUT2D eigenvalue weighted by molar-refractivity contribution is 5.73. The molecule has 3 heteroatoms. The van der Waals surface area contributed by atoms with Gasteiger partial charge in [0.25, 0.3) is 6.02 Å². The lowest BCUT2D eigenvalue weighted by Gasteiger charge is -2.11. The van der Waals surface area contributed by atoms with Crippen LogP contribution in [0.5, 0.6) is 0 Å². The molecule has 0 amide bonds. The van der Waals surface area contributed by atoms with E-state index in [-0.39, 0.29) is 12.1 Å². The van der Waals surface area contributed by atoms with Crippen molar-refractivity contribution in [3.63, 3.8) is 0 Å². The molecular weight excluding hydrogens is 176 g/mol. The van der Waals surface area contributed by atoms with Crippen LogP contribution in [0, 0.1) is 0 Å². The average Bonchev–Trinajstić information content (AvgIpc) is 2.47. The van der Waals surface area contributed by atoms with Crippen LogP contribution >= 0.6 is 0 Å². The van der Waals surface area contributed by atoms with Gasteiger partial charge >= 0.3 is 0 Å². The van der Waals surface area contributed by atoms with Gasteiger partial charge in [-0.2, -0.15) is 0 Å². The predicted molar refractivity (Wildman–Crippen MR) is 56.1 cm³/mol. The molecule has 14 heavy (non-hydrogen) atoms. The maximum Gasteiger partial charge on any atom is 0.282 e. The Hall–Kier alpha value is -1.51. The number of nitrogens with two attached hydrogens (primary N) is 1. The molecule has 1 aliphatic heterocycles. The predicted octanol–water partition coefficient (Wildman–Crippen LogP) is 1.33. The zero-order valence-corrected chi connectivity index (χ0v) is 8.18. The van der Waals surface area contributed by atoms with Crippen LogP contribution in [0.4, 0.5) is 0 Å². The lowest BCUT2D eigenvalue weighted by atomic mass is 10.0. The maximum atomic E-state index is 5.50. The van der Waals surface area contributed by atoms with Gasteiger partial charge in [-0.05, 0) is 18.9 Å². The van der Waals surface area contributed by atoms with Crippen LogP contribution in [-0.2, 0) is 11.2 Å². The summed E-state index contributed by atoms with van der Waals surface area (Å²) >= 11 is 0. The van der Waals surface area contributed by atoms with Gasteiger partial charge in [0, 0.05) is 0 Å². The van der Waals surface area contributed by atoms with Crippen molar-refractivity contribution in [2.75, 3.05) is 0 Å². The van der Waals surface area contributed by atoms with Crippen LogP contribution in [0.2, 0.25) is 0 Å². The highest BCUT2D eigenvalue weighted by atomic mass is 16.5. The zero-order valence-electron chi connectivity index (χ0n) is 8.18. The summed E-state index contributed by atoms with van der Waals surface area (Å²) < 4.78 is 5.27. The van der Waals surface area contributed by atoms with Gasteiger partial charge in [0.2, 0.25) is 0 Å². The van der Waals surface area contributed by atoms with E-state index in [1.165, 1.54) is 5.56 Å². The Bertz CT molecular complexity index is 334. The molecule has 0 unspecified atom stereocenters. The summed E-state index contributed by atoms with van der Waals surface area (Å²) in [6, 6.07) is 10.7. The Balaban J connectivity index is 2.05. The van der Waals surface area contributed by atoms with Gasteiger partial charge in [-0.1, -0.05) is 30.3 Å². The fraction of sp³-hybridized carbons (Fsp3) is 0.364. The fourth-order valence-corrected chi connectivity index (χ4v) is 1.64. The minimum atomic E-state index is 0.0928. The number of hydrogen-bond donors (Lipinski definition) is 1. The molecule has 2 rings (SSSR count). The van der Waals surface area contributed by atoms with Gasteiger partial charge in [-0.3, -0.25) is 0 Å². The summed E-state index contributed by atoms with van der Waals surface area (Å²) in [5.41, 5.74) is 6.77. The summed E-state index contributed by atoms with van der Waals surface area (Å²) in [5, 5.41) is 0. The van der Waals surface area contributed by atoms with Crippen LogP contribution in [-0.4, -0.2) is 18.2 Å². The molecule has 0 saturated heterocycles. The standard InChI is InChI=1S/C11H14N2O/c1-8-10(13-11(12)14-8)7-9-5-3-2-4-6-9/h2-6,8,10H,7H2,1H3,(H2,12,13)/t8-,10-/m0/s1. The molecule has 1 aliphatic rings. The third-order valence-electron chi connectivity index (χ3n) is 2.43. The first kappa shape index (κ1) is 9.06. The van der Waals surface area contributed by atoms with Gasteiger partial charge in [0.05, 0.1) is 6.04 Å². The quantitative estimate of drug-likeness (QED) is 0.764. The monoisotopic (exact) mass is 190 g/mol. The molecule has 0 aliphatic carbocycles. The molecule has 0 fully saturated rings. The third kappa shape index (κ3) is 1.87. The molecule has 3 nitrogen and oxygen atoms in total. The molecule has 74 valence electrons. The number of rotatable bonds is 2. The third-order valence-corrected chi connectivity index (χ3v) is 2.43. The van der Waals surface area contributed by atoms with Crippen LogP contribution in [0.15, 0.2) is 35.3 Å². The van der Waals surface area contributed by atoms with Gasteiger partial charge in [0.1, 0.15) is 6.10 Å². The second-order valence-electron chi connectivity index (χ2n) is 3.55. The van der Waals surface area contributed by atoms with Crippen molar-refractivity contribution < 1.29 is 4.74 Å². The van der Waals surface area contributed by atoms with E-state index in [4.69, 9.17) is 10.5 Å². The Morgan fingerprint density at radius 2 is 2.07 bits per heavy atom. The summed E-state index contributed by atoms with van der Waals surface area (Å²) in [6.45, 7) is 2.00. The van der Waals surface area contributed by atoms with Gasteiger partial charge in [0.15, 0.2) is 0 Å². The van der Waals surface area contributed by atoms with E-state index in [9.17, 15) is 0 Å². The first-order valence-electron chi connectivity index (χ1n) is 4.79. The topological polar surface area (TPSA) is 47.6 Å². The van der Waals surface area contributed by atoms with Crippen LogP contribution in [0.3, 0.4) is 0 Å². The molecule has 2 atom stereocenters. The molecule has 1 aromatic carbocycles. The zero-order chi connectivity index (χ0) is 9.97. The second-order valence-corrected chi connectivity index (χ2v) is 3.55. The van der Waals surface area contributed by atoms with Crippen molar-refractivity contribution in [2.45, 2.75) is 25.5 Å². The smallest absolute Gasteiger partial charge is 0.282 e. The van der Waals surface area contributed by atoms with Crippen molar-refractivity contribution in [2.24, 2.45) is 10.7 Å². The first-order chi connectivity index (χ1) is 6.75. The number of hydrogen-bond acceptors (Lipinski definition) is 3. The van der Waals surface area contributed by atoms with E-state index in [0.717, 1.165) is 6.42 Å². The number of amidine groups is 1. The van der Waals surface area contributed by atoms with Gasteiger partial charge in [-0.25, -0.2) is 4.99 Å². The lowest BCUT2D eigenvalue weighted by Crippen LogP contribution is -2.21. The Morgan fingerprint density at radius 1 is 1.36 bits per heavy atom. The highest BCUT2D eigenvalue weighted by Crippen LogP contribution is 2.16. The van der Waals surface area contributed by atoms with Crippen molar-refractivity contribution in [3.8, 4) is 0 Å². The van der Waals surface area contributed by atoms with E-state index < -0.39 is 0 Å². The van der Waals surface area contributed by atoms with E-state index in [0.29, 0.717) is 6.02 Å². The van der Waals surface area contributed by atoms with Crippen LogP contribution in [0.25, 0.3) is 0 Å². The Morgan fingerprint density at radius 3 is 2.64 bits per heavy atom. The largest absolute Gasteiger partial charge is 0.460 e. The molecule has 0 saturated carbocycles. The lowest BCUT2D eigenvalue weighted by molar-refractivity contribution is 0.209. The summed E-state index contributed by atoms with van der Waals surface area (Å²) in [4.78, 5) is 4.24. The van der Waals surface area contributed by atoms with Gasteiger partial charge in [-0.15, -0.1) is 0 Å². The van der Waals surface area contributed by atoms with Crippen molar-refractivity contribution in [3.05, 3.63) is 35.9 Å². The number of nitrogens with zero attached hydrogens (tertiary/aromatic N) is 1. The van der Waals surface area contributed by atoms with Crippen LogP contribution in [0.1, 0.15) is 12.5 Å². The van der Waals surface area contributed by atoms with E-state index >= 15 is 0 Å². The van der Waals surface area contributed by atoms with E-state index in [1.807, 2.05) is 25.1 Å². The maximum absolute atomic E-state index is 5.50. The molecule has 2 N–H and O–H groups in total. The highest BCUT2D eigenvalue weighted by Gasteiger charge is 2.25. The SMILES string of the molecule is C[C@@H]1OC(N)=N[C@H]1Cc1ccccc1.